The van der Waals surface area contributed by atoms with Crippen LogP contribution in [0.1, 0.15) is 39.2 Å². The van der Waals surface area contributed by atoms with Crippen molar-refractivity contribution in [1.29, 1.82) is 0 Å². The lowest BCUT2D eigenvalue weighted by molar-refractivity contribution is 0.224. The van der Waals surface area contributed by atoms with Gasteiger partial charge in [-0.15, -0.1) is 0 Å². The van der Waals surface area contributed by atoms with Crippen molar-refractivity contribution in [2.45, 2.75) is 57.1 Å². The first kappa shape index (κ1) is 15.5. The lowest BCUT2D eigenvalue weighted by Gasteiger charge is -2.31. The molecule has 2 fully saturated rings. The normalized spacial score (nSPS) is 31.6. The first-order chi connectivity index (χ1) is 10.1. The number of hydrazone groups is 1. The zero-order valence-electron chi connectivity index (χ0n) is 13.4. The van der Waals surface area contributed by atoms with Gasteiger partial charge in [0.05, 0.1) is 16.2 Å². The molecule has 22 heavy (non-hydrogen) atoms. The Morgan fingerprint density at radius 3 is 2.50 bits per heavy atom. The SMILES string of the molecule is Cc1ccc(S(=O)(=O)N/N=C2/CC(C)(C)CC3(C)OC23)cc1. The second-order valence-corrected chi connectivity index (χ2v) is 9.00. The largest absolute Gasteiger partial charge is 0.360 e. The lowest BCUT2D eigenvalue weighted by Crippen LogP contribution is -2.36. The molecule has 0 amide bonds. The van der Waals surface area contributed by atoms with Crippen molar-refractivity contribution in [3.05, 3.63) is 29.8 Å². The maximum absolute atomic E-state index is 12.3. The fourth-order valence-electron chi connectivity index (χ4n) is 3.37. The molecule has 6 heteroatoms. The number of epoxide rings is 1. The molecule has 0 radical (unpaired) electrons. The molecule has 1 saturated heterocycles. The molecule has 0 spiro atoms. The van der Waals surface area contributed by atoms with E-state index in [-0.39, 0.29) is 22.0 Å². The summed E-state index contributed by atoms with van der Waals surface area (Å²) in [5.41, 5.74) is 1.68. The van der Waals surface area contributed by atoms with Crippen molar-refractivity contribution >= 4 is 15.7 Å². The van der Waals surface area contributed by atoms with Gasteiger partial charge in [-0.3, -0.25) is 0 Å². The van der Waals surface area contributed by atoms with Crippen LogP contribution in [0, 0.1) is 12.3 Å². The van der Waals surface area contributed by atoms with Crippen LogP contribution in [-0.4, -0.2) is 25.8 Å². The van der Waals surface area contributed by atoms with Gasteiger partial charge < -0.3 is 4.74 Å². The van der Waals surface area contributed by atoms with E-state index >= 15 is 0 Å². The maximum atomic E-state index is 12.3. The quantitative estimate of drug-likeness (QED) is 0.687. The van der Waals surface area contributed by atoms with Crippen LogP contribution in [0.25, 0.3) is 0 Å². The molecular weight excluding hydrogens is 300 g/mol. The Hall–Kier alpha value is -1.40. The molecular formula is C16H22N2O3S. The molecule has 0 aromatic heterocycles. The number of hydrogen-bond acceptors (Lipinski definition) is 4. The van der Waals surface area contributed by atoms with Gasteiger partial charge in [0, 0.05) is 0 Å². The number of hydrogen-bond donors (Lipinski definition) is 1. The van der Waals surface area contributed by atoms with Gasteiger partial charge in [-0.2, -0.15) is 13.5 Å². The van der Waals surface area contributed by atoms with Gasteiger partial charge in [0.25, 0.3) is 10.0 Å². The Labute approximate surface area is 131 Å². The van der Waals surface area contributed by atoms with Crippen LogP contribution in [0.3, 0.4) is 0 Å². The molecule has 5 nitrogen and oxygen atoms in total. The van der Waals surface area contributed by atoms with E-state index in [9.17, 15) is 8.42 Å². The molecule has 2 aliphatic rings. The van der Waals surface area contributed by atoms with E-state index < -0.39 is 10.0 Å². The van der Waals surface area contributed by atoms with Gasteiger partial charge in [0.1, 0.15) is 6.10 Å². The highest BCUT2D eigenvalue weighted by molar-refractivity contribution is 7.89. The van der Waals surface area contributed by atoms with Crippen LogP contribution >= 0.6 is 0 Å². The molecule has 120 valence electrons. The first-order valence-electron chi connectivity index (χ1n) is 7.44. The molecule has 1 aromatic carbocycles. The highest BCUT2D eigenvalue weighted by Crippen LogP contribution is 2.52. The Bertz CT molecular complexity index is 720. The van der Waals surface area contributed by atoms with E-state index in [4.69, 9.17) is 4.74 Å². The third kappa shape index (κ3) is 2.90. The molecule has 1 aromatic rings. The van der Waals surface area contributed by atoms with Crippen LogP contribution < -0.4 is 4.83 Å². The molecule has 1 heterocycles. The van der Waals surface area contributed by atoms with Crippen LogP contribution in [0.4, 0.5) is 0 Å². The highest BCUT2D eigenvalue weighted by Gasteiger charge is 2.61. The number of nitrogens with zero attached hydrogens (tertiary/aromatic N) is 1. The van der Waals surface area contributed by atoms with Crippen LogP contribution in [0.2, 0.25) is 0 Å². The van der Waals surface area contributed by atoms with E-state index in [1.165, 1.54) is 0 Å². The van der Waals surface area contributed by atoms with Gasteiger partial charge in [-0.1, -0.05) is 31.5 Å². The van der Waals surface area contributed by atoms with E-state index in [0.717, 1.165) is 24.1 Å². The van der Waals surface area contributed by atoms with Gasteiger partial charge >= 0.3 is 0 Å². The molecule has 2 atom stereocenters. The van der Waals surface area contributed by atoms with Crippen molar-refractivity contribution in [1.82, 2.24) is 4.83 Å². The number of aryl methyl sites for hydroxylation is 1. The molecule has 1 aliphatic carbocycles. The fraction of sp³-hybridized carbons (Fsp3) is 0.562. The Morgan fingerprint density at radius 2 is 1.86 bits per heavy atom. The summed E-state index contributed by atoms with van der Waals surface area (Å²) in [6.07, 6.45) is 1.65. The minimum atomic E-state index is -3.63. The summed E-state index contributed by atoms with van der Waals surface area (Å²) in [5, 5.41) is 4.17. The van der Waals surface area contributed by atoms with Crippen LogP contribution in [-0.2, 0) is 14.8 Å². The molecule has 1 N–H and O–H groups in total. The predicted molar refractivity (Wildman–Crippen MR) is 85.2 cm³/mol. The average Bonchev–Trinajstić information content (AvgIpc) is 3.06. The Kier molecular flexibility index (Phi) is 3.38. The summed E-state index contributed by atoms with van der Waals surface area (Å²) in [4.78, 5) is 2.58. The monoisotopic (exact) mass is 322 g/mol. The summed E-state index contributed by atoms with van der Waals surface area (Å²) in [5.74, 6) is 0. The van der Waals surface area contributed by atoms with Gasteiger partial charge in [-0.05, 0) is 44.2 Å². The predicted octanol–water partition coefficient (Wildman–Crippen LogP) is 2.61. The third-order valence-electron chi connectivity index (χ3n) is 4.32. The molecule has 2 unspecified atom stereocenters. The molecule has 1 aliphatic heterocycles. The minimum absolute atomic E-state index is 0.0544. The Balaban J connectivity index is 1.80. The standard InChI is InChI=1S/C16H22N2O3S/c1-11-5-7-12(8-6-11)22(19,20)18-17-13-9-15(2,3)10-16(4)14(13)21-16/h5-8,14,18H,9-10H2,1-4H3/b17-13-. The number of fused-ring (bicyclic) bond motifs is 1. The molecule has 0 bridgehead atoms. The zero-order chi connectivity index (χ0) is 16.2. The zero-order valence-corrected chi connectivity index (χ0v) is 14.2. The third-order valence-corrected chi connectivity index (χ3v) is 5.54. The number of rotatable bonds is 3. The van der Waals surface area contributed by atoms with Crippen LogP contribution in [0.5, 0.6) is 0 Å². The summed E-state index contributed by atoms with van der Waals surface area (Å²) >= 11 is 0. The first-order valence-corrected chi connectivity index (χ1v) is 8.92. The lowest BCUT2D eigenvalue weighted by atomic mass is 9.72. The van der Waals surface area contributed by atoms with Crippen molar-refractivity contribution < 1.29 is 13.2 Å². The Morgan fingerprint density at radius 1 is 1.23 bits per heavy atom. The fourth-order valence-corrected chi connectivity index (χ4v) is 4.21. The molecule has 1 saturated carbocycles. The van der Waals surface area contributed by atoms with Crippen molar-refractivity contribution in [2.24, 2.45) is 10.5 Å². The van der Waals surface area contributed by atoms with Gasteiger partial charge in [-0.25, -0.2) is 4.83 Å². The molecule has 3 rings (SSSR count). The van der Waals surface area contributed by atoms with E-state index in [1.54, 1.807) is 24.3 Å². The van der Waals surface area contributed by atoms with Gasteiger partial charge in [0.2, 0.25) is 0 Å². The minimum Gasteiger partial charge on any atom is -0.360 e. The van der Waals surface area contributed by atoms with E-state index in [2.05, 4.69) is 30.7 Å². The van der Waals surface area contributed by atoms with Gasteiger partial charge in [0.15, 0.2) is 0 Å². The second-order valence-electron chi connectivity index (χ2n) is 7.34. The topological polar surface area (TPSA) is 71.1 Å². The number of benzene rings is 1. The van der Waals surface area contributed by atoms with Crippen LogP contribution in [0.15, 0.2) is 34.3 Å². The maximum Gasteiger partial charge on any atom is 0.276 e. The van der Waals surface area contributed by atoms with E-state index in [1.807, 2.05) is 6.92 Å². The second kappa shape index (κ2) is 4.80. The summed E-state index contributed by atoms with van der Waals surface area (Å²) in [6, 6.07) is 6.71. The van der Waals surface area contributed by atoms with Crippen molar-refractivity contribution in [3.63, 3.8) is 0 Å². The summed E-state index contributed by atoms with van der Waals surface area (Å²) in [6.45, 7) is 8.28. The van der Waals surface area contributed by atoms with E-state index in [0.29, 0.717) is 0 Å². The van der Waals surface area contributed by atoms with Crippen molar-refractivity contribution in [2.75, 3.05) is 0 Å². The summed E-state index contributed by atoms with van der Waals surface area (Å²) < 4.78 is 30.3. The number of nitrogens with one attached hydrogen (secondary N) is 1. The summed E-state index contributed by atoms with van der Waals surface area (Å²) in [7, 11) is -3.63. The van der Waals surface area contributed by atoms with Crippen molar-refractivity contribution in [3.8, 4) is 0 Å². The number of sulfonamides is 1. The number of ether oxygens (including phenoxy) is 1. The highest BCUT2D eigenvalue weighted by atomic mass is 32.2. The smallest absolute Gasteiger partial charge is 0.276 e. The average molecular weight is 322 g/mol.